The summed E-state index contributed by atoms with van der Waals surface area (Å²) < 4.78 is 10.7. The van der Waals surface area contributed by atoms with Crippen LogP contribution in [0.5, 0.6) is 0 Å². The molecule has 3 amide bonds. The molecule has 10 heteroatoms. The third kappa shape index (κ3) is 6.36. The molecule has 0 saturated carbocycles. The zero-order chi connectivity index (χ0) is 24.2. The lowest BCUT2D eigenvalue weighted by Crippen LogP contribution is -2.60. The highest BCUT2D eigenvalue weighted by molar-refractivity contribution is 5.90. The molecule has 2 aliphatic heterocycles. The number of rotatable bonds is 4. The molecule has 33 heavy (non-hydrogen) atoms. The number of nitrogens with one attached hydrogen (secondary N) is 1. The van der Waals surface area contributed by atoms with E-state index in [0.717, 1.165) is 5.56 Å². The molecule has 2 N–H and O–H groups in total. The first kappa shape index (κ1) is 24.3. The van der Waals surface area contributed by atoms with Gasteiger partial charge < -0.3 is 29.7 Å². The molecular weight excluding hydrogens is 430 g/mol. The minimum Gasteiger partial charge on any atom is -0.480 e. The molecule has 1 aromatic rings. The Morgan fingerprint density at radius 1 is 1.12 bits per heavy atom. The average molecular weight is 462 g/mol. The number of aliphatic carboxylic acids is 1. The van der Waals surface area contributed by atoms with E-state index in [4.69, 9.17) is 9.47 Å². The van der Waals surface area contributed by atoms with Crippen LogP contribution in [0.1, 0.15) is 45.6 Å². The van der Waals surface area contributed by atoms with Crippen LogP contribution < -0.4 is 5.32 Å². The maximum atomic E-state index is 13.4. The Kier molecular flexibility index (Phi) is 7.45. The van der Waals surface area contributed by atoms with E-state index >= 15 is 0 Å². The molecule has 10 nitrogen and oxygen atoms in total. The van der Waals surface area contributed by atoms with Crippen molar-refractivity contribution in [1.29, 1.82) is 0 Å². The molecule has 0 aliphatic carbocycles. The van der Waals surface area contributed by atoms with Gasteiger partial charge in [0.25, 0.3) is 0 Å². The lowest BCUT2D eigenvalue weighted by atomic mass is 10.1. The van der Waals surface area contributed by atoms with Crippen LogP contribution in [0, 0.1) is 0 Å². The van der Waals surface area contributed by atoms with E-state index in [-0.39, 0.29) is 25.7 Å². The molecular formula is C23H31N3O7. The second-order valence-electron chi connectivity index (χ2n) is 9.30. The first-order valence-electron chi connectivity index (χ1n) is 11.1. The van der Waals surface area contributed by atoms with Gasteiger partial charge in [-0.25, -0.2) is 14.4 Å². The number of hydrogen-bond donors (Lipinski definition) is 2. The fraction of sp³-hybridized carbons (Fsp3) is 0.565. The minimum absolute atomic E-state index is 0.0743. The van der Waals surface area contributed by atoms with Crippen LogP contribution in [0.2, 0.25) is 0 Å². The van der Waals surface area contributed by atoms with Crippen molar-refractivity contribution in [3.63, 3.8) is 0 Å². The highest BCUT2D eigenvalue weighted by atomic mass is 16.6. The van der Waals surface area contributed by atoms with Crippen LogP contribution in [0.4, 0.5) is 9.59 Å². The highest BCUT2D eigenvalue weighted by Crippen LogP contribution is 2.29. The Morgan fingerprint density at radius 2 is 1.82 bits per heavy atom. The first-order chi connectivity index (χ1) is 15.5. The first-order valence-corrected chi connectivity index (χ1v) is 11.1. The van der Waals surface area contributed by atoms with E-state index in [1.54, 1.807) is 20.8 Å². The molecule has 2 aliphatic rings. The molecule has 0 aromatic heterocycles. The van der Waals surface area contributed by atoms with Crippen LogP contribution in [0.3, 0.4) is 0 Å². The lowest BCUT2D eigenvalue weighted by molar-refractivity contribution is -0.151. The van der Waals surface area contributed by atoms with Crippen LogP contribution in [-0.4, -0.2) is 75.8 Å². The van der Waals surface area contributed by atoms with Crippen molar-refractivity contribution >= 4 is 24.1 Å². The molecule has 2 saturated heterocycles. The summed E-state index contributed by atoms with van der Waals surface area (Å²) in [7, 11) is 0. The van der Waals surface area contributed by atoms with Crippen LogP contribution in [0.25, 0.3) is 0 Å². The van der Waals surface area contributed by atoms with Gasteiger partial charge in [0.15, 0.2) is 0 Å². The number of amides is 3. The topological polar surface area (TPSA) is 125 Å². The number of nitrogens with zero attached hydrogens (tertiary/aromatic N) is 2. The molecule has 0 bridgehead atoms. The quantitative estimate of drug-likeness (QED) is 0.705. The Morgan fingerprint density at radius 3 is 2.45 bits per heavy atom. The lowest BCUT2D eigenvalue weighted by Gasteiger charge is -2.37. The monoisotopic (exact) mass is 461 g/mol. The molecule has 0 spiro atoms. The number of ether oxygens (including phenoxy) is 2. The van der Waals surface area contributed by atoms with Crippen molar-refractivity contribution in [1.82, 2.24) is 15.1 Å². The summed E-state index contributed by atoms with van der Waals surface area (Å²) in [6.07, 6.45) is -0.168. The van der Waals surface area contributed by atoms with E-state index in [9.17, 15) is 24.3 Å². The second-order valence-corrected chi connectivity index (χ2v) is 9.30. The number of carbonyl (C=O) groups is 4. The smallest absolute Gasteiger partial charge is 0.410 e. The fourth-order valence-corrected chi connectivity index (χ4v) is 4.15. The molecule has 0 unspecified atom stereocenters. The van der Waals surface area contributed by atoms with Crippen molar-refractivity contribution < 1.29 is 33.8 Å². The molecule has 1 aromatic carbocycles. The molecule has 2 fully saturated rings. The Bertz CT molecular complexity index is 884. The zero-order valence-corrected chi connectivity index (χ0v) is 19.2. The number of carboxylic acid groups (broad SMARTS) is 1. The van der Waals surface area contributed by atoms with Gasteiger partial charge in [0, 0.05) is 12.6 Å². The van der Waals surface area contributed by atoms with Crippen molar-refractivity contribution in [2.45, 2.75) is 70.4 Å². The van der Waals surface area contributed by atoms with Gasteiger partial charge in [0.1, 0.15) is 24.3 Å². The largest absolute Gasteiger partial charge is 0.480 e. The van der Waals surface area contributed by atoms with Gasteiger partial charge in [-0.1, -0.05) is 30.3 Å². The normalized spacial score (nSPS) is 23.2. The summed E-state index contributed by atoms with van der Waals surface area (Å²) in [4.78, 5) is 53.0. The number of benzene rings is 1. The van der Waals surface area contributed by atoms with Crippen LogP contribution in [0.15, 0.2) is 30.3 Å². The SMILES string of the molecule is CC(C)(C)OC(=O)N[C@H]1CN(C(=O)OCc2ccccc2)CC[C@H]2CC[C@@H](C(=O)O)N2C1=O. The number of carbonyl (C=O) groups excluding carboxylic acids is 3. The van der Waals surface area contributed by atoms with E-state index in [1.807, 2.05) is 30.3 Å². The summed E-state index contributed by atoms with van der Waals surface area (Å²) in [6, 6.07) is 6.75. The Labute approximate surface area is 192 Å². The third-order valence-electron chi connectivity index (χ3n) is 5.63. The summed E-state index contributed by atoms with van der Waals surface area (Å²) >= 11 is 0. The number of carboxylic acids is 1. The second kappa shape index (κ2) is 10.1. The van der Waals surface area contributed by atoms with E-state index in [1.165, 1.54) is 9.80 Å². The van der Waals surface area contributed by atoms with Gasteiger partial charge in [0.2, 0.25) is 5.91 Å². The maximum absolute atomic E-state index is 13.4. The summed E-state index contributed by atoms with van der Waals surface area (Å²) in [5.74, 6) is -1.63. The fourth-order valence-electron chi connectivity index (χ4n) is 4.15. The molecule has 0 radical (unpaired) electrons. The van der Waals surface area contributed by atoms with Gasteiger partial charge in [-0.2, -0.15) is 0 Å². The summed E-state index contributed by atoms with van der Waals surface area (Å²) in [5, 5.41) is 12.1. The van der Waals surface area contributed by atoms with Gasteiger partial charge >= 0.3 is 18.2 Å². The van der Waals surface area contributed by atoms with Gasteiger partial charge in [-0.3, -0.25) is 4.79 Å². The van der Waals surface area contributed by atoms with Crippen LogP contribution in [-0.2, 0) is 25.7 Å². The van der Waals surface area contributed by atoms with E-state index in [0.29, 0.717) is 19.3 Å². The molecule has 3 atom stereocenters. The molecule has 3 rings (SSSR count). The Hall–Kier alpha value is -3.30. The summed E-state index contributed by atoms with van der Waals surface area (Å²) in [6.45, 7) is 5.26. The number of fused-ring (bicyclic) bond motifs is 1. The van der Waals surface area contributed by atoms with Crippen molar-refractivity contribution in [3.05, 3.63) is 35.9 Å². The predicted molar refractivity (Wildman–Crippen MR) is 117 cm³/mol. The molecule has 180 valence electrons. The highest BCUT2D eigenvalue weighted by Gasteiger charge is 2.45. The van der Waals surface area contributed by atoms with Gasteiger partial charge in [0.05, 0.1) is 6.54 Å². The maximum Gasteiger partial charge on any atom is 0.410 e. The van der Waals surface area contributed by atoms with Gasteiger partial charge in [-0.05, 0) is 45.6 Å². The zero-order valence-electron chi connectivity index (χ0n) is 19.2. The Balaban J connectivity index is 1.77. The average Bonchev–Trinajstić information content (AvgIpc) is 3.16. The minimum atomic E-state index is -1.16. The van der Waals surface area contributed by atoms with E-state index < -0.39 is 41.7 Å². The number of alkyl carbamates (subject to hydrolysis) is 1. The van der Waals surface area contributed by atoms with Crippen molar-refractivity contribution in [2.75, 3.05) is 13.1 Å². The van der Waals surface area contributed by atoms with Crippen molar-refractivity contribution in [3.8, 4) is 0 Å². The van der Waals surface area contributed by atoms with Gasteiger partial charge in [-0.15, -0.1) is 0 Å². The molecule has 2 heterocycles. The standard InChI is InChI=1S/C23H31N3O7/c1-23(2,3)33-21(30)24-17-13-25(22(31)32-14-15-7-5-4-6-8-15)12-11-16-9-10-18(20(28)29)26(16)19(17)27/h4-8,16-18H,9-14H2,1-3H3,(H,24,30)(H,28,29)/t16-,17+,18+/m1/s1. The van der Waals surface area contributed by atoms with Crippen molar-refractivity contribution in [2.24, 2.45) is 0 Å². The number of hydrogen-bond acceptors (Lipinski definition) is 6. The third-order valence-corrected chi connectivity index (χ3v) is 5.63. The van der Waals surface area contributed by atoms with Crippen LogP contribution >= 0.6 is 0 Å². The summed E-state index contributed by atoms with van der Waals surface area (Å²) in [5.41, 5.74) is 0.0340. The predicted octanol–water partition coefficient (Wildman–Crippen LogP) is 2.37. The van der Waals surface area contributed by atoms with E-state index in [2.05, 4.69) is 5.32 Å².